The summed E-state index contributed by atoms with van der Waals surface area (Å²) >= 11 is 0. The Kier molecular flexibility index (Phi) is 1.92. The Balaban J connectivity index is 1.91. The van der Waals surface area contributed by atoms with Crippen LogP contribution < -0.4 is 0 Å². The summed E-state index contributed by atoms with van der Waals surface area (Å²) < 4.78 is 5.69. The van der Waals surface area contributed by atoms with Crippen LogP contribution in [0, 0.1) is 29.1 Å². The molecule has 1 heterocycles. The molecule has 0 amide bonds. The van der Waals surface area contributed by atoms with Gasteiger partial charge in [0.15, 0.2) is 0 Å². The zero-order chi connectivity index (χ0) is 13.7. The van der Waals surface area contributed by atoms with Crippen molar-refractivity contribution in [2.75, 3.05) is 0 Å². The van der Waals surface area contributed by atoms with E-state index in [9.17, 15) is 15.0 Å². The topological polar surface area (TPSA) is 66.8 Å². The molecule has 3 aliphatic carbocycles. The van der Waals surface area contributed by atoms with E-state index in [1.807, 2.05) is 6.92 Å². The van der Waals surface area contributed by atoms with E-state index in [1.54, 1.807) is 0 Å². The normalized spacial score (nSPS) is 62.3. The van der Waals surface area contributed by atoms with Crippen LogP contribution in [0.25, 0.3) is 0 Å². The van der Waals surface area contributed by atoms with E-state index in [2.05, 4.69) is 13.5 Å². The van der Waals surface area contributed by atoms with Gasteiger partial charge in [-0.25, -0.2) is 4.79 Å². The van der Waals surface area contributed by atoms with Gasteiger partial charge in [-0.05, 0) is 24.2 Å². The lowest BCUT2D eigenvalue weighted by molar-refractivity contribution is -0.227. The van der Waals surface area contributed by atoms with Gasteiger partial charge in [-0.15, -0.1) is 0 Å². The maximum Gasteiger partial charge on any atom is 0.334 e. The number of aliphatic hydroxyl groups is 2. The molecule has 1 saturated heterocycles. The molecule has 4 aliphatic rings. The highest BCUT2D eigenvalue weighted by molar-refractivity contribution is 5.90. The largest absolute Gasteiger partial charge is 0.452 e. The molecule has 4 nitrogen and oxygen atoms in total. The van der Waals surface area contributed by atoms with E-state index in [1.165, 1.54) is 0 Å². The molecule has 4 fully saturated rings. The smallest absolute Gasteiger partial charge is 0.334 e. The lowest BCUT2D eigenvalue weighted by Gasteiger charge is -2.54. The first-order valence-electron chi connectivity index (χ1n) is 7.12. The maximum absolute atomic E-state index is 12.1. The van der Waals surface area contributed by atoms with E-state index < -0.39 is 17.8 Å². The average molecular weight is 264 g/mol. The van der Waals surface area contributed by atoms with Crippen molar-refractivity contribution in [3.63, 3.8) is 0 Å². The fraction of sp³-hybridized carbons (Fsp3) is 0.800. The summed E-state index contributed by atoms with van der Waals surface area (Å²) in [7, 11) is 0. The van der Waals surface area contributed by atoms with Gasteiger partial charge in [0.1, 0.15) is 11.7 Å². The van der Waals surface area contributed by atoms with Crippen molar-refractivity contribution in [3.8, 4) is 0 Å². The van der Waals surface area contributed by atoms with Crippen molar-refractivity contribution in [2.24, 2.45) is 29.1 Å². The number of fused-ring (bicyclic) bond motifs is 4. The van der Waals surface area contributed by atoms with Gasteiger partial charge in [-0.1, -0.05) is 20.4 Å². The van der Waals surface area contributed by atoms with Gasteiger partial charge >= 0.3 is 5.97 Å². The zero-order valence-corrected chi connectivity index (χ0v) is 11.3. The quantitative estimate of drug-likeness (QED) is 0.503. The van der Waals surface area contributed by atoms with Crippen molar-refractivity contribution >= 4 is 5.97 Å². The van der Waals surface area contributed by atoms with Gasteiger partial charge in [-0.3, -0.25) is 0 Å². The van der Waals surface area contributed by atoms with Gasteiger partial charge in [0, 0.05) is 23.3 Å². The summed E-state index contributed by atoms with van der Waals surface area (Å²) in [5, 5.41) is 21.0. The first kappa shape index (κ1) is 11.9. The molecule has 8 unspecified atom stereocenters. The van der Waals surface area contributed by atoms with Gasteiger partial charge in [0.05, 0.1) is 6.10 Å². The molecule has 0 aromatic rings. The Labute approximate surface area is 112 Å². The molecule has 8 atom stereocenters. The van der Waals surface area contributed by atoms with E-state index >= 15 is 0 Å². The number of esters is 1. The van der Waals surface area contributed by atoms with Crippen molar-refractivity contribution < 1.29 is 19.7 Å². The molecule has 2 N–H and O–H groups in total. The van der Waals surface area contributed by atoms with Crippen LogP contribution in [0.3, 0.4) is 0 Å². The number of rotatable bonds is 0. The van der Waals surface area contributed by atoms with Gasteiger partial charge in [-0.2, -0.15) is 0 Å². The number of ether oxygens (including phenoxy) is 1. The van der Waals surface area contributed by atoms with Crippen LogP contribution in [-0.2, 0) is 9.53 Å². The Bertz CT molecular complexity index is 500. The summed E-state index contributed by atoms with van der Waals surface area (Å²) in [6, 6.07) is 0. The molecule has 1 aliphatic heterocycles. The molecular weight excluding hydrogens is 244 g/mol. The van der Waals surface area contributed by atoms with Crippen LogP contribution in [0.4, 0.5) is 0 Å². The molecule has 0 radical (unpaired) electrons. The highest BCUT2D eigenvalue weighted by Crippen LogP contribution is 2.75. The molecule has 0 aromatic carbocycles. The number of carbonyl (C=O) groups excluding carboxylic acids is 1. The van der Waals surface area contributed by atoms with Crippen LogP contribution in [0.15, 0.2) is 12.2 Å². The van der Waals surface area contributed by atoms with Crippen LogP contribution in [-0.4, -0.2) is 34.0 Å². The molecule has 19 heavy (non-hydrogen) atoms. The number of hydrogen-bond acceptors (Lipinski definition) is 4. The maximum atomic E-state index is 12.1. The van der Waals surface area contributed by atoms with Crippen molar-refractivity contribution in [1.82, 2.24) is 0 Å². The second-order valence-corrected chi connectivity index (χ2v) is 7.20. The molecular formula is C15H20O4. The van der Waals surface area contributed by atoms with Crippen molar-refractivity contribution in [2.45, 2.75) is 44.5 Å². The minimum Gasteiger partial charge on any atom is -0.452 e. The van der Waals surface area contributed by atoms with Gasteiger partial charge in [0.2, 0.25) is 0 Å². The standard InChI is InChI=1S/C15H20O4/c1-6-11-8-5-14(8,3)10-4-9(16)7(2)15(10,12(11)17)19-13(6)18/h7-12,16-17H,1,4-5H2,2-3H3. The highest BCUT2D eigenvalue weighted by Gasteiger charge is 2.79. The van der Waals surface area contributed by atoms with Crippen molar-refractivity contribution in [3.05, 3.63) is 12.2 Å². The van der Waals surface area contributed by atoms with E-state index in [4.69, 9.17) is 4.74 Å². The predicted octanol–water partition coefficient (Wildman–Crippen LogP) is 0.872. The first-order chi connectivity index (χ1) is 8.84. The van der Waals surface area contributed by atoms with Crippen LogP contribution in [0.1, 0.15) is 26.7 Å². The van der Waals surface area contributed by atoms with Crippen LogP contribution in [0.2, 0.25) is 0 Å². The minimum absolute atomic E-state index is 0.0679. The highest BCUT2D eigenvalue weighted by atomic mass is 16.6. The number of hydrogen-bond donors (Lipinski definition) is 2. The Morgan fingerprint density at radius 2 is 2.11 bits per heavy atom. The lowest BCUT2D eigenvalue weighted by atomic mass is 9.60. The monoisotopic (exact) mass is 264 g/mol. The SMILES string of the molecule is C=C1C(=O)OC23C(C)C(O)CC2C2(C)CC2C1C3O. The van der Waals surface area contributed by atoms with Gasteiger partial charge < -0.3 is 14.9 Å². The second-order valence-electron chi connectivity index (χ2n) is 7.20. The Morgan fingerprint density at radius 3 is 2.79 bits per heavy atom. The van der Waals surface area contributed by atoms with Gasteiger partial charge in [0.25, 0.3) is 0 Å². The molecule has 0 aromatic heterocycles. The van der Waals surface area contributed by atoms with Crippen molar-refractivity contribution in [1.29, 1.82) is 0 Å². The second kappa shape index (κ2) is 3.07. The summed E-state index contributed by atoms with van der Waals surface area (Å²) in [5.41, 5.74) is -0.400. The molecule has 1 spiro atoms. The zero-order valence-electron chi connectivity index (χ0n) is 11.3. The summed E-state index contributed by atoms with van der Waals surface area (Å²) in [6.45, 7) is 7.92. The van der Waals surface area contributed by atoms with E-state index in [0.717, 1.165) is 6.42 Å². The third kappa shape index (κ3) is 1.05. The molecule has 4 rings (SSSR count). The first-order valence-corrected chi connectivity index (χ1v) is 7.12. The van der Waals surface area contributed by atoms with Crippen LogP contribution >= 0.6 is 0 Å². The molecule has 3 saturated carbocycles. The van der Waals surface area contributed by atoms with E-state index in [-0.39, 0.29) is 29.1 Å². The third-order valence-corrected chi connectivity index (χ3v) is 6.62. The number of aliphatic hydroxyl groups excluding tert-OH is 2. The van der Waals surface area contributed by atoms with E-state index in [0.29, 0.717) is 17.9 Å². The molecule has 104 valence electrons. The van der Waals surface area contributed by atoms with Crippen LogP contribution in [0.5, 0.6) is 0 Å². The number of carbonyl (C=O) groups is 1. The lowest BCUT2D eigenvalue weighted by Crippen LogP contribution is -2.65. The Hall–Kier alpha value is -0.870. The molecule has 4 heteroatoms. The molecule has 2 bridgehead atoms. The summed E-state index contributed by atoms with van der Waals surface area (Å²) in [6.07, 6.45) is 0.402. The average Bonchev–Trinajstić information content (AvgIpc) is 2.95. The predicted molar refractivity (Wildman–Crippen MR) is 67.0 cm³/mol. The third-order valence-electron chi connectivity index (χ3n) is 6.62. The fourth-order valence-electron chi connectivity index (χ4n) is 5.38. The summed E-state index contributed by atoms with van der Waals surface area (Å²) in [4.78, 5) is 12.1. The fourth-order valence-corrected chi connectivity index (χ4v) is 5.38. The minimum atomic E-state index is -0.899. The summed E-state index contributed by atoms with van der Waals surface area (Å²) in [5.74, 6) is -0.396. The Morgan fingerprint density at radius 1 is 1.42 bits per heavy atom.